The monoisotopic (exact) mass is 458 g/mol. The molecule has 1 aromatic heterocycles. The van der Waals surface area contributed by atoms with E-state index in [2.05, 4.69) is 72.3 Å². The number of hydrogen-bond acceptors (Lipinski definition) is 3. The van der Waals surface area contributed by atoms with Crippen molar-refractivity contribution < 1.29 is 0 Å². The summed E-state index contributed by atoms with van der Waals surface area (Å²) in [5, 5.41) is 4.58. The maximum Gasteiger partial charge on any atom is 0.193 e. The van der Waals surface area contributed by atoms with Crippen LogP contribution in [0.2, 0.25) is 0 Å². The van der Waals surface area contributed by atoms with E-state index in [4.69, 9.17) is 0 Å². The highest BCUT2D eigenvalue weighted by Crippen LogP contribution is 2.17. The largest absolute Gasteiger partial charge is 0.356 e. The third kappa shape index (κ3) is 6.05. The van der Waals surface area contributed by atoms with Gasteiger partial charge in [0.1, 0.15) is 0 Å². The molecule has 1 aromatic carbocycles. The Kier molecular flexibility index (Phi) is 8.69. The van der Waals surface area contributed by atoms with E-state index in [1.165, 1.54) is 16.0 Å². The minimum atomic E-state index is 0. The molecule has 0 aliphatic carbocycles. The number of guanidine groups is 1. The van der Waals surface area contributed by atoms with Crippen molar-refractivity contribution in [2.24, 2.45) is 4.99 Å². The van der Waals surface area contributed by atoms with Crippen molar-refractivity contribution in [3.63, 3.8) is 0 Å². The second kappa shape index (κ2) is 9.98. The smallest absolute Gasteiger partial charge is 0.193 e. The summed E-state index contributed by atoms with van der Waals surface area (Å²) in [6.07, 6.45) is 0.981. The average Bonchev–Trinajstić information content (AvgIpc) is 2.84. The summed E-state index contributed by atoms with van der Waals surface area (Å²) in [4.78, 5) is 12.4. The van der Waals surface area contributed by atoms with Crippen molar-refractivity contribution >= 4 is 41.3 Å². The Morgan fingerprint density at radius 2 is 1.88 bits per heavy atom. The van der Waals surface area contributed by atoms with Crippen molar-refractivity contribution in [3.05, 3.63) is 51.0 Å². The van der Waals surface area contributed by atoms with E-state index in [1.54, 1.807) is 11.3 Å². The van der Waals surface area contributed by atoms with Gasteiger partial charge in [0.05, 0.1) is 10.7 Å². The molecule has 0 unspecified atom stereocenters. The Morgan fingerprint density at radius 1 is 1.21 bits per heavy atom. The Balaban J connectivity index is 0.00000288. The zero-order valence-corrected chi connectivity index (χ0v) is 18.2. The van der Waals surface area contributed by atoms with Gasteiger partial charge in [-0.25, -0.2) is 4.98 Å². The van der Waals surface area contributed by atoms with Crippen LogP contribution in [0.5, 0.6) is 0 Å². The lowest BCUT2D eigenvalue weighted by Gasteiger charge is -2.22. The molecule has 24 heavy (non-hydrogen) atoms. The van der Waals surface area contributed by atoms with Crippen molar-refractivity contribution in [3.8, 4) is 0 Å². The number of rotatable bonds is 5. The normalized spacial score (nSPS) is 11.1. The molecule has 1 N–H and O–H groups in total. The van der Waals surface area contributed by atoms with Gasteiger partial charge >= 0.3 is 0 Å². The van der Waals surface area contributed by atoms with E-state index in [0.717, 1.165) is 36.2 Å². The standard InChI is InChI=1S/C18H26N4S.HI/c1-13-6-8-16(9-7-13)12-22(5)18(19-4)20-11-10-17-14(2)21-15(3)23-17;/h6-9H,10-12H2,1-5H3,(H,19,20);1H. The lowest BCUT2D eigenvalue weighted by Crippen LogP contribution is -2.39. The molecule has 0 amide bonds. The van der Waals surface area contributed by atoms with Crippen LogP contribution in [0.15, 0.2) is 29.3 Å². The van der Waals surface area contributed by atoms with Gasteiger partial charge in [0, 0.05) is 38.5 Å². The number of nitrogens with one attached hydrogen (secondary N) is 1. The van der Waals surface area contributed by atoms with Crippen LogP contribution in [0.1, 0.15) is 26.7 Å². The van der Waals surface area contributed by atoms with Crippen LogP contribution < -0.4 is 5.32 Å². The summed E-state index contributed by atoms with van der Waals surface area (Å²) < 4.78 is 0. The van der Waals surface area contributed by atoms with E-state index >= 15 is 0 Å². The second-order valence-corrected chi connectivity index (χ2v) is 7.09. The predicted molar refractivity (Wildman–Crippen MR) is 115 cm³/mol. The summed E-state index contributed by atoms with van der Waals surface area (Å²) in [5.74, 6) is 0.921. The van der Waals surface area contributed by atoms with Gasteiger partial charge in [-0.3, -0.25) is 4.99 Å². The SMILES string of the molecule is CN=C(NCCc1sc(C)nc1C)N(C)Cc1ccc(C)cc1.I. The lowest BCUT2D eigenvalue weighted by atomic mass is 10.1. The molecular formula is C18H27IN4S. The zero-order chi connectivity index (χ0) is 16.8. The molecule has 0 saturated carbocycles. The first-order valence-electron chi connectivity index (χ1n) is 7.90. The van der Waals surface area contributed by atoms with Crippen LogP contribution in [0, 0.1) is 20.8 Å². The molecule has 0 radical (unpaired) electrons. The molecule has 4 nitrogen and oxygen atoms in total. The van der Waals surface area contributed by atoms with Gasteiger partial charge in [-0.05, 0) is 26.3 Å². The highest BCUT2D eigenvalue weighted by atomic mass is 127. The Bertz CT molecular complexity index is 664. The minimum absolute atomic E-state index is 0. The molecule has 1 heterocycles. The summed E-state index contributed by atoms with van der Waals surface area (Å²) in [5.41, 5.74) is 3.72. The van der Waals surface area contributed by atoms with Crippen LogP contribution in [-0.4, -0.2) is 36.5 Å². The molecular weight excluding hydrogens is 431 g/mol. The van der Waals surface area contributed by atoms with Crippen molar-refractivity contribution in [2.45, 2.75) is 33.7 Å². The van der Waals surface area contributed by atoms with Crippen LogP contribution in [0.25, 0.3) is 0 Å². The molecule has 0 aliphatic rings. The van der Waals surface area contributed by atoms with Crippen molar-refractivity contribution in [2.75, 3.05) is 20.6 Å². The topological polar surface area (TPSA) is 40.5 Å². The maximum atomic E-state index is 4.48. The summed E-state index contributed by atoms with van der Waals surface area (Å²) in [6.45, 7) is 7.96. The van der Waals surface area contributed by atoms with Gasteiger partial charge in [-0.2, -0.15) is 0 Å². The number of benzene rings is 1. The number of halogens is 1. The van der Waals surface area contributed by atoms with Gasteiger partial charge < -0.3 is 10.2 Å². The minimum Gasteiger partial charge on any atom is -0.356 e. The van der Waals surface area contributed by atoms with E-state index in [0.29, 0.717) is 0 Å². The molecule has 2 aromatic rings. The van der Waals surface area contributed by atoms with Crippen molar-refractivity contribution in [1.29, 1.82) is 0 Å². The van der Waals surface area contributed by atoms with Gasteiger partial charge in [-0.15, -0.1) is 35.3 Å². The number of nitrogens with zero attached hydrogens (tertiary/aromatic N) is 3. The first-order chi connectivity index (χ1) is 11.0. The first-order valence-corrected chi connectivity index (χ1v) is 8.71. The predicted octanol–water partition coefficient (Wildman–Crippen LogP) is 3.94. The molecule has 132 valence electrons. The van der Waals surface area contributed by atoms with E-state index in [-0.39, 0.29) is 24.0 Å². The number of aliphatic imine (C=N–C) groups is 1. The number of hydrogen-bond donors (Lipinski definition) is 1. The fraction of sp³-hybridized carbons (Fsp3) is 0.444. The molecule has 0 fully saturated rings. The third-order valence-electron chi connectivity index (χ3n) is 3.75. The van der Waals surface area contributed by atoms with Crippen LogP contribution >= 0.6 is 35.3 Å². The zero-order valence-electron chi connectivity index (χ0n) is 15.1. The summed E-state index contributed by atoms with van der Waals surface area (Å²) in [6, 6.07) is 8.63. The first kappa shape index (κ1) is 20.9. The molecule has 0 atom stereocenters. The molecule has 6 heteroatoms. The third-order valence-corrected chi connectivity index (χ3v) is 4.88. The van der Waals surface area contributed by atoms with Crippen LogP contribution in [-0.2, 0) is 13.0 Å². The molecule has 0 aliphatic heterocycles. The van der Waals surface area contributed by atoms with Gasteiger partial charge in [0.25, 0.3) is 0 Å². The highest BCUT2D eigenvalue weighted by Gasteiger charge is 2.08. The van der Waals surface area contributed by atoms with Gasteiger partial charge in [0.2, 0.25) is 0 Å². The summed E-state index contributed by atoms with van der Waals surface area (Å²) in [7, 11) is 3.90. The maximum absolute atomic E-state index is 4.48. The molecule has 0 bridgehead atoms. The number of aryl methyl sites for hydroxylation is 3. The molecule has 0 spiro atoms. The van der Waals surface area contributed by atoms with E-state index < -0.39 is 0 Å². The Hall–Kier alpha value is -1.15. The Morgan fingerprint density at radius 3 is 2.42 bits per heavy atom. The van der Waals surface area contributed by atoms with Crippen LogP contribution in [0.4, 0.5) is 0 Å². The van der Waals surface area contributed by atoms with Crippen molar-refractivity contribution in [1.82, 2.24) is 15.2 Å². The lowest BCUT2D eigenvalue weighted by molar-refractivity contribution is 0.477. The second-order valence-electron chi connectivity index (χ2n) is 5.81. The molecule has 0 saturated heterocycles. The Labute approximate surface area is 166 Å². The number of thiazole rings is 1. The summed E-state index contributed by atoms with van der Waals surface area (Å²) >= 11 is 1.78. The fourth-order valence-corrected chi connectivity index (χ4v) is 3.46. The quantitative estimate of drug-likeness (QED) is 0.419. The fourth-order valence-electron chi connectivity index (χ4n) is 2.52. The van der Waals surface area contributed by atoms with E-state index in [1.807, 2.05) is 7.05 Å². The highest BCUT2D eigenvalue weighted by molar-refractivity contribution is 14.0. The van der Waals surface area contributed by atoms with E-state index in [9.17, 15) is 0 Å². The van der Waals surface area contributed by atoms with Gasteiger partial charge in [0.15, 0.2) is 5.96 Å². The average molecular weight is 458 g/mol. The molecule has 2 rings (SSSR count). The van der Waals surface area contributed by atoms with Crippen LogP contribution in [0.3, 0.4) is 0 Å². The van der Waals surface area contributed by atoms with Gasteiger partial charge in [-0.1, -0.05) is 29.8 Å². The number of aromatic nitrogens is 1.